The van der Waals surface area contributed by atoms with E-state index >= 15 is 0 Å². The molecule has 168 valence electrons. The zero-order valence-corrected chi connectivity index (χ0v) is 17.7. The lowest BCUT2D eigenvalue weighted by molar-refractivity contribution is 0.0693. The molecule has 1 aliphatic heterocycles. The van der Waals surface area contributed by atoms with Gasteiger partial charge in [-0.15, -0.1) is 0 Å². The number of ether oxygens (including phenoxy) is 2. The molecule has 33 heavy (non-hydrogen) atoms. The highest BCUT2D eigenvalue weighted by atomic mass is 16.5. The number of carboxylic acid groups (broad SMARTS) is 1. The second kappa shape index (κ2) is 9.59. The maximum Gasteiger partial charge on any atom is 0.341 e. The molecular weight excluding hydrogens is 424 g/mol. The molecule has 0 bridgehead atoms. The summed E-state index contributed by atoms with van der Waals surface area (Å²) in [5.74, 6) is -0.531. The number of aliphatic hydroxyl groups is 1. The Balaban J connectivity index is 1.81. The first-order valence-electron chi connectivity index (χ1n) is 10.6. The number of nitrogens with zero attached hydrogens (tertiary/aromatic N) is 2. The van der Waals surface area contributed by atoms with Gasteiger partial charge in [-0.25, -0.2) is 4.79 Å². The lowest BCUT2D eigenvalue weighted by atomic mass is 10.0. The monoisotopic (exact) mass is 446 g/mol. The van der Waals surface area contributed by atoms with Crippen LogP contribution in [-0.4, -0.2) is 34.0 Å². The van der Waals surface area contributed by atoms with Crippen LogP contribution in [0.4, 0.5) is 0 Å². The van der Waals surface area contributed by atoms with Gasteiger partial charge in [0.15, 0.2) is 5.43 Å². The average molecular weight is 446 g/mol. The van der Waals surface area contributed by atoms with Crippen LogP contribution in [0, 0.1) is 11.3 Å². The number of hydrogen-bond donors (Lipinski definition) is 2. The van der Waals surface area contributed by atoms with Gasteiger partial charge in [-0.05, 0) is 25.3 Å². The number of aromatic nitrogens is 1. The molecule has 1 aromatic heterocycles. The SMILES string of the molecule is N#Cc1cc2c(cc1OCCCCCO)OC(c1ccccc1)n1cc(C(=O)O)c(=O)cc1-2. The van der Waals surface area contributed by atoms with Gasteiger partial charge in [0.25, 0.3) is 0 Å². The minimum absolute atomic E-state index is 0.124. The van der Waals surface area contributed by atoms with Crippen molar-refractivity contribution in [1.82, 2.24) is 4.57 Å². The Morgan fingerprint density at radius 3 is 2.64 bits per heavy atom. The predicted molar refractivity (Wildman–Crippen MR) is 119 cm³/mol. The maximum absolute atomic E-state index is 12.5. The zero-order chi connectivity index (χ0) is 23.4. The van der Waals surface area contributed by atoms with E-state index in [4.69, 9.17) is 14.6 Å². The summed E-state index contributed by atoms with van der Waals surface area (Å²) in [6, 6.07) is 15.8. The molecule has 0 radical (unpaired) electrons. The Morgan fingerprint density at radius 1 is 1.15 bits per heavy atom. The third-order valence-electron chi connectivity index (χ3n) is 5.42. The van der Waals surface area contributed by atoms with Crippen molar-refractivity contribution in [3.8, 4) is 28.8 Å². The van der Waals surface area contributed by atoms with Gasteiger partial charge in [0.1, 0.15) is 23.1 Å². The van der Waals surface area contributed by atoms with Crippen molar-refractivity contribution in [2.45, 2.75) is 25.5 Å². The van der Waals surface area contributed by atoms with E-state index in [0.29, 0.717) is 35.8 Å². The van der Waals surface area contributed by atoms with Crippen LogP contribution in [0.25, 0.3) is 11.3 Å². The molecule has 0 saturated heterocycles. The van der Waals surface area contributed by atoms with E-state index in [9.17, 15) is 20.0 Å². The highest BCUT2D eigenvalue weighted by Crippen LogP contribution is 2.43. The molecule has 8 nitrogen and oxygen atoms in total. The Labute approximate surface area is 189 Å². The molecule has 8 heteroatoms. The number of nitriles is 1. The highest BCUT2D eigenvalue weighted by molar-refractivity contribution is 5.88. The van der Waals surface area contributed by atoms with Crippen molar-refractivity contribution >= 4 is 5.97 Å². The second-order valence-corrected chi connectivity index (χ2v) is 7.62. The zero-order valence-electron chi connectivity index (χ0n) is 17.7. The molecule has 0 fully saturated rings. The number of carbonyl (C=O) groups is 1. The van der Waals surface area contributed by atoms with Crippen LogP contribution in [0.2, 0.25) is 0 Å². The van der Waals surface area contributed by atoms with Gasteiger partial charge in [-0.1, -0.05) is 30.3 Å². The van der Waals surface area contributed by atoms with Gasteiger partial charge < -0.3 is 24.3 Å². The summed E-state index contributed by atoms with van der Waals surface area (Å²) in [5, 5.41) is 28.0. The summed E-state index contributed by atoms with van der Waals surface area (Å²) in [6.07, 6.45) is 2.78. The summed E-state index contributed by atoms with van der Waals surface area (Å²) in [4.78, 5) is 24.1. The molecular formula is C25H22N2O6. The number of aliphatic hydroxyl groups excluding tert-OH is 1. The number of hydrogen-bond acceptors (Lipinski definition) is 6. The molecule has 0 saturated carbocycles. The minimum atomic E-state index is -1.32. The number of fused-ring (bicyclic) bond motifs is 3. The molecule has 0 spiro atoms. The van der Waals surface area contributed by atoms with E-state index in [2.05, 4.69) is 6.07 Å². The number of benzene rings is 2. The molecule has 0 aliphatic carbocycles. The standard InChI is InChI=1S/C25H22N2O6/c26-14-17-11-18-20-12-21(29)19(25(30)31)15-27(20)24(16-7-3-1-4-8-16)33-23(18)13-22(17)32-10-6-2-5-9-28/h1,3-4,7-8,11-13,15,24,28H,2,5-6,9-10H2,(H,30,31). The Bertz CT molecular complexity index is 1280. The van der Waals surface area contributed by atoms with Crippen molar-refractivity contribution in [2.24, 2.45) is 0 Å². The van der Waals surface area contributed by atoms with Crippen LogP contribution >= 0.6 is 0 Å². The first-order valence-corrected chi connectivity index (χ1v) is 10.6. The van der Waals surface area contributed by atoms with Gasteiger partial charge in [0.05, 0.1) is 17.9 Å². The molecule has 1 unspecified atom stereocenters. The van der Waals surface area contributed by atoms with Crippen LogP contribution in [0.15, 0.2) is 59.5 Å². The quantitative estimate of drug-likeness (QED) is 0.507. The Hall–Kier alpha value is -4.09. The number of aromatic carboxylic acids is 1. The third-order valence-corrected chi connectivity index (χ3v) is 5.42. The van der Waals surface area contributed by atoms with Crippen LogP contribution in [0.1, 0.15) is 47.0 Å². The van der Waals surface area contributed by atoms with E-state index in [1.165, 1.54) is 12.3 Å². The van der Waals surface area contributed by atoms with Crippen molar-refractivity contribution in [2.75, 3.05) is 13.2 Å². The van der Waals surface area contributed by atoms with Gasteiger partial charge in [0.2, 0.25) is 6.23 Å². The van der Waals surface area contributed by atoms with Crippen LogP contribution in [0.5, 0.6) is 11.5 Å². The summed E-state index contributed by atoms with van der Waals surface area (Å²) >= 11 is 0. The van der Waals surface area contributed by atoms with Gasteiger partial charge in [0, 0.05) is 36.1 Å². The molecule has 1 aliphatic rings. The fourth-order valence-electron chi connectivity index (χ4n) is 3.78. The lowest BCUT2D eigenvalue weighted by Crippen LogP contribution is -2.27. The van der Waals surface area contributed by atoms with E-state index in [1.54, 1.807) is 16.7 Å². The molecule has 4 rings (SSSR count). The van der Waals surface area contributed by atoms with Crippen molar-refractivity contribution in [3.63, 3.8) is 0 Å². The van der Waals surface area contributed by atoms with Gasteiger partial charge in [-0.2, -0.15) is 5.26 Å². The first-order chi connectivity index (χ1) is 16.0. The average Bonchev–Trinajstić information content (AvgIpc) is 2.83. The van der Waals surface area contributed by atoms with Gasteiger partial charge >= 0.3 is 5.97 Å². The fourth-order valence-corrected chi connectivity index (χ4v) is 3.78. The molecule has 2 aromatic carbocycles. The smallest absolute Gasteiger partial charge is 0.341 e. The molecule has 2 N–H and O–H groups in total. The van der Waals surface area contributed by atoms with Crippen LogP contribution < -0.4 is 14.9 Å². The number of unbranched alkanes of at least 4 members (excludes halogenated alkanes) is 2. The van der Waals surface area contributed by atoms with Gasteiger partial charge in [-0.3, -0.25) is 4.79 Å². The maximum atomic E-state index is 12.5. The summed E-state index contributed by atoms with van der Waals surface area (Å²) in [7, 11) is 0. The van der Waals surface area contributed by atoms with Crippen molar-refractivity contribution < 1.29 is 24.5 Å². The Kier molecular flexibility index (Phi) is 6.43. The highest BCUT2D eigenvalue weighted by Gasteiger charge is 2.29. The number of carboxylic acids is 1. The largest absolute Gasteiger partial charge is 0.492 e. The summed E-state index contributed by atoms with van der Waals surface area (Å²) in [5.41, 5.74) is 0.997. The molecule has 0 amide bonds. The fraction of sp³-hybridized carbons (Fsp3) is 0.240. The summed E-state index contributed by atoms with van der Waals surface area (Å²) < 4.78 is 13.7. The third kappa shape index (κ3) is 4.45. The first kappa shape index (κ1) is 22.1. The second-order valence-electron chi connectivity index (χ2n) is 7.62. The van der Waals surface area contributed by atoms with Crippen molar-refractivity contribution in [3.05, 3.63) is 81.6 Å². The topological polar surface area (TPSA) is 122 Å². The number of rotatable bonds is 8. The summed E-state index contributed by atoms with van der Waals surface area (Å²) in [6.45, 7) is 0.507. The molecule has 2 heterocycles. The number of pyridine rings is 1. The Morgan fingerprint density at radius 2 is 1.94 bits per heavy atom. The van der Waals surface area contributed by atoms with Crippen LogP contribution in [0.3, 0.4) is 0 Å². The molecule has 1 atom stereocenters. The minimum Gasteiger partial charge on any atom is -0.492 e. The van der Waals surface area contributed by atoms with E-state index in [0.717, 1.165) is 18.4 Å². The molecule has 3 aromatic rings. The lowest BCUT2D eigenvalue weighted by Gasteiger charge is -2.32. The van der Waals surface area contributed by atoms with E-state index in [1.807, 2.05) is 30.3 Å². The van der Waals surface area contributed by atoms with E-state index < -0.39 is 17.6 Å². The normalized spacial score (nSPS) is 13.9. The van der Waals surface area contributed by atoms with Crippen LogP contribution in [-0.2, 0) is 0 Å². The van der Waals surface area contributed by atoms with Crippen molar-refractivity contribution in [1.29, 1.82) is 5.26 Å². The van der Waals surface area contributed by atoms with E-state index in [-0.39, 0.29) is 17.7 Å². The predicted octanol–water partition coefficient (Wildman–Crippen LogP) is 3.57.